The minimum atomic E-state index is 0.486. The van der Waals surface area contributed by atoms with Crippen molar-refractivity contribution in [2.24, 2.45) is 0 Å². The molecule has 0 amide bonds. The van der Waals surface area contributed by atoms with Gasteiger partial charge in [0.1, 0.15) is 0 Å². The van der Waals surface area contributed by atoms with Crippen molar-refractivity contribution in [3.63, 3.8) is 0 Å². The highest BCUT2D eigenvalue weighted by atomic mass is 79.9. The maximum atomic E-state index is 4.75. The molecule has 0 bridgehead atoms. The predicted molar refractivity (Wildman–Crippen MR) is 79.0 cm³/mol. The first-order valence-electron chi connectivity index (χ1n) is 6.23. The Labute approximate surface area is 120 Å². The molecule has 4 heteroatoms. The van der Waals surface area contributed by atoms with Gasteiger partial charge >= 0.3 is 0 Å². The van der Waals surface area contributed by atoms with Crippen LogP contribution in [-0.4, -0.2) is 11.5 Å². The fourth-order valence-electron chi connectivity index (χ4n) is 2.28. The van der Waals surface area contributed by atoms with Gasteiger partial charge in [-0.25, -0.2) is 4.98 Å². The van der Waals surface area contributed by atoms with Gasteiger partial charge in [-0.1, -0.05) is 28.1 Å². The Morgan fingerprint density at radius 3 is 2.89 bits per heavy atom. The third-order valence-corrected chi connectivity index (χ3v) is 4.65. The predicted octanol–water partition coefficient (Wildman–Crippen LogP) is 3.92. The summed E-state index contributed by atoms with van der Waals surface area (Å²) in [6, 6.07) is 8.96. The molecule has 1 aromatic heterocycles. The molecule has 0 spiro atoms. The molecule has 1 aromatic carbocycles. The maximum Gasteiger partial charge on any atom is 0.0972 e. The van der Waals surface area contributed by atoms with Crippen LogP contribution in [0, 0.1) is 0 Å². The quantitative estimate of drug-likeness (QED) is 0.926. The average Bonchev–Trinajstić information content (AvgIpc) is 3.02. The second-order valence-corrected chi connectivity index (χ2v) is 6.48. The average molecular weight is 323 g/mol. The third kappa shape index (κ3) is 2.82. The summed E-state index contributed by atoms with van der Waals surface area (Å²) in [5, 5.41) is 6.91. The molecule has 1 aliphatic rings. The number of hydrogen-bond acceptors (Lipinski definition) is 3. The third-order valence-electron chi connectivity index (χ3n) is 3.26. The van der Waals surface area contributed by atoms with Gasteiger partial charge in [0.15, 0.2) is 0 Å². The lowest BCUT2D eigenvalue weighted by Gasteiger charge is -2.05. The van der Waals surface area contributed by atoms with Crippen molar-refractivity contribution in [2.45, 2.75) is 25.3 Å². The normalized spacial score (nSPS) is 19.3. The lowest BCUT2D eigenvalue weighted by molar-refractivity contribution is 0.630. The molecule has 0 radical (unpaired) electrons. The first-order chi connectivity index (χ1) is 8.81. The molecular weight excluding hydrogens is 308 g/mol. The lowest BCUT2D eigenvalue weighted by Crippen LogP contribution is -2.13. The summed E-state index contributed by atoms with van der Waals surface area (Å²) < 4.78 is 1.13. The molecule has 2 aromatic rings. The molecule has 18 heavy (non-hydrogen) atoms. The first kappa shape index (κ1) is 12.3. The molecule has 2 heterocycles. The number of nitrogens with zero attached hydrogens (tertiary/aromatic N) is 1. The van der Waals surface area contributed by atoms with Crippen LogP contribution in [0.2, 0.25) is 0 Å². The van der Waals surface area contributed by atoms with Gasteiger partial charge in [-0.05, 0) is 37.1 Å². The van der Waals surface area contributed by atoms with E-state index >= 15 is 0 Å². The number of aromatic nitrogens is 1. The second-order valence-electron chi connectivity index (χ2n) is 4.62. The highest BCUT2D eigenvalue weighted by Crippen LogP contribution is 2.25. The summed E-state index contributed by atoms with van der Waals surface area (Å²) >= 11 is 5.23. The van der Waals surface area contributed by atoms with Crippen LogP contribution < -0.4 is 5.32 Å². The van der Waals surface area contributed by atoms with Crippen molar-refractivity contribution in [2.75, 3.05) is 6.54 Å². The summed E-state index contributed by atoms with van der Waals surface area (Å²) in [4.78, 5) is 4.75. The molecule has 1 atom stereocenters. The Kier molecular flexibility index (Phi) is 3.77. The van der Waals surface area contributed by atoms with E-state index in [0.29, 0.717) is 6.04 Å². The number of rotatable bonds is 3. The van der Waals surface area contributed by atoms with Crippen LogP contribution >= 0.6 is 27.3 Å². The molecule has 1 saturated heterocycles. The second kappa shape index (κ2) is 5.51. The minimum absolute atomic E-state index is 0.486. The van der Waals surface area contributed by atoms with Gasteiger partial charge in [0.05, 0.1) is 16.7 Å². The van der Waals surface area contributed by atoms with Crippen molar-refractivity contribution in [3.05, 3.63) is 50.4 Å². The van der Waals surface area contributed by atoms with E-state index in [9.17, 15) is 0 Å². The van der Waals surface area contributed by atoms with Gasteiger partial charge in [-0.2, -0.15) is 0 Å². The molecule has 1 N–H and O–H groups in total. The van der Waals surface area contributed by atoms with Gasteiger partial charge in [-0.3, -0.25) is 0 Å². The van der Waals surface area contributed by atoms with E-state index in [1.807, 2.05) is 0 Å². The molecule has 1 fully saturated rings. The number of halogens is 1. The van der Waals surface area contributed by atoms with Crippen molar-refractivity contribution >= 4 is 27.3 Å². The number of nitrogens with one attached hydrogen (secondary N) is 1. The van der Waals surface area contributed by atoms with E-state index in [4.69, 9.17) is 4.98 Å². The summed E-state index contributed by atoms with van der Waals surface area (Å²) in [5.41, 5.74) is 2.54. The molecule has 0 unspecified atom stereocenters. The number of thiazole rings is 1. The standard InChI is InChI=1S/C14H15BrN2S/c15-11-5-3-10(4-6-11)8-14-17-13(9-18-14)12-2-1-7-16-12/h3-6,9,12,16H,1-2,7-8H2/t12-/m0/s1. The Bertz CT molecular complexity index is 515. The first-order valence-corrected chi connectivity index (χ1v) is 7.90. The Morgan fingerprint density at radius 2 is 2.17 bits per heavy atom. The van der Waals surface area contributed by atoms with Crippen molar-refractivity contribution in [1.82, 2.24) is 10.3 Å². The van der Waals surface area contributed by atoms with Crippen molar-refractivity contribution in [3.8, 4) is 0 Å². The SMILES string of the molecule is Brc1ccc(Cc2nc([C@@H]3CCCN3)cs2)cc1. The van der Waals surface area contributed by atoms with Gasteiger partial charge in [-0.15, -0.1) is 11.3 Å². The van der Waals surface area contributed by atoms with Gasteiger partial charge in [0, 0.05) is 16.3 Å². The lowest BCUT2D eigenvalue weighted by atomic mass is 10.1. The van der Waals surface area contributed by atoms with Gasteiger partial charge < -0.3 is 5.32 Å². The molecule has 0 saturated carbocycles. The molecule has 94 valence electrons. The van der Waals surface area contributed by atoms with E-state index in [1.54, 1.807) is 11.3 Å². The zero-order chi connectivity index (χ0) is 12.4. The molecule has 2 nitrogen and oxygen atoms in total. The van der Waals surface area contributed by atoms with E-state index in [-0.39, 0.29) is 0 Å². The number of hydrogen-bond donors (Lipinski definition) is 1. The van der Waals surface area contributed by atoms with Crippen LogP contribution in [0.25, 0.3) is 0 Å². The fourth-order valence-corrected chi connectivity index (χ4v) is 3.43. The monoisotopic (exact) mass is 322 g/mol. The highest BCUT2D eigenvalue weighted by molar-refractivity contribution is 9.10. The van der Waals surface area contributed by atoms with Crippen LogP contribution in [0.3, 0.4) is 0 Å². The largest absolute Gasteiger partial charge is 0.309 e. The van der Waals surface area contributed by atoms with E-state index < -0.39 is 0 Å². The highest BCUT2D eigenvalue weighted by Gasteiger charge is 2.18. The van der Waals surface area contributed by atoms with Crippen LogP contribution in [-0.2, 0) is 6.42 Å². The van der Waals surface area contributed by atoms with Crippen LogP contribution in [0.5, 0.6) is 0 Å². The molecule has 0 aliphatic carbocycles. The van der Waals surface area contributed by atoms with Gasteiger partial charge in [0.2, 0.25) is 0 Å². The molecular formula is C14H15BrN2S. The number of benzene rings is 1. The van der Waals surface area contributed by atoms with Crippen molar-refractivity contribution < 1.29 is 0 Å². The summed E-state index contributed by atoms with van der Waals surface area (Å²) in [6.45, 7) is 1.13. The molecule has 1 aliphatic heterocycles. The van der Waals surface area contributed by atoms with Crippen LogP contribution in [0.15, 0.2) is 34.1 Å². The summed E-state index contributed by atoms with van der Waals surface area (Å²) in [5.74, 6) is 0. The smallest absolute Gasteiger partial charge is 0.0972 e. The Morgan fingerprint density at radius 1 is 1.33 bits per heavy atom. The zero-order valence-electron chi connectivity index (χ0n) is 10.0. The zero-order valence-corrected chi connectivity index (χ0v) is 12.4. The fraction of sp³-hybridized carbons (Fsp3) is 0.357. The minimum Gasteiger partial charge on any atom is -0.309 e. The van der Waals surface area contributed by atoms with E-state index in [2.05, 4.69) is 50.9 Å². The topological polar surface area (TPSA) is 24.9 Å². The Hall–Kier alpha value is -0.710. The van der Waals surface area contributed by atoms with Crippen molar-refractivity contribution in [1.29, 1.82) is 0 Å². The molecule has 3 rings (SSSR count). The Balaban J connectivity index is 1.71. The van der Waals surface area contributed by atoms with E-state index in [0.717, 1.165) is 17.4 Å². The van der Waals surface area contributed by atoms with E-state index in [1.165, 1.54) is 29.1 Å². The summed E-state index contributed by atoms with van der Waals surface area (Å²) in [6.07, 6.45) is 3.43. The summed E-state index contributed by atoms with van der Waals surface area (Å²) in [7, 11) is 0. The van der Waals surface area contributed by atoms with Gasteiger partial charge in [0.25, 0.3) is 0 Å². The van der Waals surface area contributed by atoms with Crippen LogP contribution in [0.4, 0.5) is 0 Å². The van der Waals surface area contributed by atoms with Crippen LogP contribution in [0.1, 0.15) is 35.1 Å². The maximum absolute atomic E-state index is 4.75.